The molecule has 0 fully saturated rings. The molecule has 0 bridgehead atoms. The smallest absolute Gasteiger partial charge is 0.350 e. The van der Waals surface area contributed by atoms with Crippen LogP contribution in [0, 0.1) is 0 Å². The number of carbonyl (C=O) groups excluding carboxylic acids is 1. The molecule has 6 nitrogen and oxygen atoms in total. The van der Waals surface area contributed by atoms with E-state index in [9.17, 15) is 18.0 Å². The fraction of sp³-hybridized carbons (Fsp3) is 0.190. The van der Waals surface area contributed by atoms with Gasteiger partial charge in [-0.2, -0.15) is 13.2 Å². The van der Waals surface area contributed by atoms with Gasteiger partial charge in [0.15, 0.2) is 0 Å². The molecule has 2 heterocycles. The van der Waals surface area contributed by atoms with Gasteiger partial charge in [0.1, 0.15) is 6.54 Å². The molecule has 9 heteroatoms. The normalized spacial score (nSPS) is 11.7. The third-order valence-corrected chi connectivity index (χ3v) is 4.65. The lowest BCUT2D eigenvalue weighted by Gasteiger charge is -2.12. The number of halogens is 3. The molecule has 0 aliphatic heterocycles. The second kappa shape index (κ2) is 8.02. The maximum atomic E-state index is 13.3. The molecule has 0 spiro atoms. The molecule has 1 N–H and O–H groups in total. The van der Waals surface area contributed by atoms with Crippen molar-refractivity contribution >= 4 is 16.9 Å². The van der Waals surface area contributed by atoms with Gasteiger partial charge in [-0.15, -0.1) is 0 Å². The van der Waals surface area contributed by atoms with Crippen molar-refractivity contribution in [2.45, 2.75) is 25.8 Å². The SMILES string of the molecule is O=C(Cn1c(C(F)(F)F)nc2ccccc21)NCc1ccc(Cn2ccnc2)cc1. The average molecular weight is 413 g/mol. The molecule has 30 heavy (non-hydrogen) atoms. The number of carbonyl (C=O) groups is 1. The molecular formula is C21H18F3N5O. The summed E-state index contributed by atoms with van der Waals surface area (Å²) in [4.78, 5) is 20.0. The summed E-state index contributed by atoms with van der Waals surface area (Å²) in [5.74, 6) is -1.60. The van der Waals surface area contributed by atoms with Crippen LogP contribution in [0.25, 0.3) is 11.0 Å². The van der Waals surface area contributed by atoms with E-state index in [0.29, 0.717) is 6.54 Å². The van der Waals surface area contributed by atoms with E-state index in [2.05, 4.69) is 15.3 Å². The molecule has 0 atom stereocenters. The minimum absolute atomic E-state index is 0.200. The number of nitrogens with one attached hydrogen (secondary N) is 1. The number of hydrogen-bond donors (Lipinski definition) is 1. The quantitative estimate of drug-likeness (QED) is 0.525. The van der Waals surface area contributed by atoms with Crippen molar-refractivity contribution in [1.29, 1.82) is 0 Å². The highest BCUT2D eigenvalue weighted by Crippen LogP contribution is 2.31. The van der Waals surface area contributed by atoms with E-state index in [-0.39, 0.29) is 17.6 Å². The van der Waals surface area contributed by atoms with Crippen LogP contribution in [0.4, 0.5) is 13.2 Å². The number of imidazole rings is 2. The maximum absolute atomic E-state index is 13.3. The van der Waals surface area contributed by atoms with Gasteiger partial charge in [-0.3, -0.25) is 4.79 Å². The largest absolute Gasteiger partial charge is 0.449 e. The summed E-state index contributed by atoms with van der Waals surface area (Å²) in [5, 5.41) is 2.68. The monoisotopic (exact) mass is 413 g/mol. The van der Waals surface area contributed by atoms with Gasteiger partial charge in [-0.1, -0.05) is 36.4 Å². The highest BCUT2D eigenvalue weighted by molar-refractivity contribution is 5.81. The number of para-hydroxylation sites is 2. The summed E-state index contributed by atoms with van der Waals surface area (Å²) < 4.78 is 42.9. The summed E-state index contributed by atoms with van der Waals surface area (Å²) in [6, 6.07) is 13.9. The van der Waals surface area contributed by atoms with Crippen LogP contribution in [0.5, 0.6) is 0 Å². The molecule has 0 saturated heterocycles. The number of alkyl halides is 3. The first kappa shape index (κ1) is 19.7. The Bertz CT molecular complexity index is 1150. The van der Waals surface area contributed by atoms with Crippen LogP contribution < -0.4 is 5.32 Å². The van der Waals surface area contributed by atoms with Crippen molar-refractivity contribution < 1.29 is 18.0 Å². The van der Waals surface area contributed by atoms with Gasteiger partial charge in [0.05, 0.1) is 17.4 Å². The zero-order valence-electron chi connectivity index (χ0n) is 15.8. The van der Waals surface area contributed by atoms with Crippen molar-refractivity contribution in [3.05, 3.63) is 84.2 Å². The molecule has 2 aromatic carbocycles. The second-order valence-electron chi connectivity index (χ2n) is 6.84. The van der Waals surface area contributed by atoms with Crippen LogP contribution in [-0.4, -0.2) is 25.0 Å². The van der Waals surface area contributed by atoms with Gasteiger partial charge < -0.3 is 14.5 Å². The van der Waals surface area contributed by atoms with E-state index in [1.54, 1.807) is 24.7 Å². The summed E-state index contributed by atoms with van der Waals surface area (Å²) >= 11 is 0. The van der Waals surface area contributed by atoms with Crippen molar-refractivity contribution in [2.75, 3.05) is 0 Å². The number of nitrogens with zero attached hydrogens (tertiary/aromatic N) is 4. The summed E-state index contributed by atoms with van der Waals surface area (Å²) in [5.41, 5.74) is 2.39. The lowest BCUT2D eigenvalue weighted by molar-refractivity contribution is -0.147. The Labute approximate surface area is 170 Å². The molecule has 0 aliphatic rings. The first-order chi connectivity index (χ1) is 14.4. The number of rotatable bonds is 6. The van der Waals surface area contributed by atoms with Crippen molar-refractivity contribution in [3.8, 4) is 0 Å². The Balaban J connectivity index is 1.42. The molecular weight excluding hydrogens is 395 g/mol. The van der Waals surface area contributed by atoms with E-state index in [4.69, 9.17) is 0 Å². The second-order valence-corrected chi connectivity index (χ2v) is 6.84. The van der Waals surface area contributed by atoms with E-state index < -0.39 is 24.5 Å². The highest BCUT2D eigenvalue weighted by atomic mass is 19.4. The summed E-state index contributed by atoms with van der Waals surface area (Å²) in [7, 11) is 0. The Kier molecular flexibility index (Phi) is 5.26. The first-order valence-corrected chi connectivity index (χ1v) is 9.23. The van der Waals surface area contributed by atoms with Gasteiger partial charge in [-0.05, 0) is 23.3 Å². The number of amides is 1. The topological polar surface area (TPSA) is 64.7 Å². The maximum Gasteiger partial charge on any atom is 0.449 e. The van der Waals surface area contributed by atoms with Gasteiger partial charge >= 0.3 is 6.18 Å². The van der Waals surface area contributed by atoms with Crippen LogP contribution in [-0.2, 0) is 30.6 Å². The lowest BCUT2D eigenvalue weighted by atomic mass is 10.1. The Morgan fingerprint density at radius 2 is 1.77 bits per heavy atom. The molecule has 4 aromatic rings. The predicted octanol–water partition coefficient (Wildman–Crippen LogP) is 3.62. The van der Waals surface area contributed by atoms with Crippen LogP contribution >= 0.6 is 0 Å². The van der Waals surface area contributed by atoms with Crippen LogP contribution in [0.3, 0.4) is 0 Å². The summed E-state index contributed by atoms with van der Waals surface area (Å²) in [6.07, 6.45) is 0.647. The van der Waals surface area contributed by atoms with Crippen molar-refractivity contribution in [2.24, 2.45) is 0 Å². The molecule has 0 unspecified atom stereocenters. The number of benzene rings is 2. The average Bonchev–Trinajstić information content (AvgIpc) is 3.35. The Hall–Kier alpha value is -3.62. The van der Waals surface area contributed by atoms with Gasteiger partial charge in [0.25, 0.3) is 0 Å². The zero-order valence-corrected chi connectivity index (χ0v) is 15.8. The number of hydrogen-bond acceptors (Lipinski definition) is 3. The predicted molar refractivity (Wildman–Crippen MR) is 104 cm³/mol. The summed E-state index contributed by atoms with van der Waals surface area (Å²) in [6.45, 7) is 0.437. The zero-order chi connectivity index (χ0) is 21.1. The Morgan fingerprint density at radius 1 is 1.03 bits per heavy atom. The number of aromatic nitrogens is 4. The van der Waals surface area contributed by atoms with Crippen molar-refractivity contribution in [1.82, 2.24) is 24.4 Å². The molecule has 1 amide bonds. The molecule has 4 rings (SSSR count). The van der Waals surface area contributed by atoms with Gasteiger partial charge in [0, 0.05) is 25.5 Å². The van der Waals surface area contributed by atoms with Crippen molar-refractivity contribution in [3.63, 3.8) is 0 Å². The van der Waals surface area contributed by atoms with E-state index in [0.717, 1.165) is 15.7 Å². The van der Waals surface area contributed by atoms with Crippen LogP contribution in [0.15, 0.2) is 67.3 Å². The Morgan fingerprint density at radius 3 is 2.47 bits per heavy atom. The van der Waals surface area contributed by atoms with Gasteiger partial charge in [-0.25, -0.2) is 9.97 Å². The van der Waals surface area contributed by atoms with E-state index in [1.807, 2.05) is 35.0 Å². The lowest BCUT2D eigenvalue weighted by Crippen LogP contribution is -2.29. The van der Waals surface area contributed by atoms with Crippen LogP contribution in [0.1, 0.15) is 17.0 Å². The van der Waals surface area contributed by atoms with Gasteiger partial charge in [0.2, 0.25) is 11.7 Å². The standard InChI is InChI=1S/C21H18F3N5O/c22-21(23,24)20-27-17-3-1-2-4-18(17)29(20)13-19(30)26-11-15-5-7-16(8-6-15)12-28-10-9-25-14-28/h1-10,14H,11-13H2,(H,26,30). The number of fused-ring (bicyclic) bond motifs is 1. The molecule has 154 valence electrons. The third-order valence-electron chi connectivity index (χ3n) is 4.65. The fourth-order valence-electron chi connectivity index (χ4n) is 3.21. The third kappa shape index (κ3) is 4.35. The molecule has 0 aliphatic carbocycles. The molecule has 0 radical (unpaired) electrons. The van der Waals surface area contributed by atoms with E-state index in [1.165, 1.54) is 12.1 Å². The van der Waals surface area contributed by atoms with E-state index >= 15 is 0 Å². The highest BCUT2D eigenvalue weighted by Gasteiger charge is 2.37. The molecule has 0 saturated carbocycles. The minimum Gasteiger partial charge on any atom is -0.350 e. The van der Waals surface area contributed by atoms with Crippen LogP contribution in [0.2, 0.25) is 0 Å². The minimum atomic E-state index is -4.65. The fourth-order valence-corrected chi connectivity index (χ4v) is 3.21. The first-order valence-electron chi connectivity index (χ1n) is 9.23. The molecule has 2 aromatic heterocycles.